The molecule has 0 atom stereocenters. The lowest BCUT2D eigenvalue weighted by atomic mass is 10.1. The molecular formula is C23H23N5O4S. The fourth-order valence-corrected chi connectivity index (χ4v) is 4.78. The molecular weight excluding hydrogens is 442 g/mol. The van der Waals surface area contributed by atoms with Gasteiger partial charge in [0.25, 0.3) is 0 Å². The second-order valence-corrected chi connectivity index (χ2v) is 9.16. The predicted octanol–water partition coefficient (Wildman–Crippen LogP) is 4.61. The zero-order chi connectivity index (χ0) is 22.9. The van der Waals surface area contributed by atoms with Gasteiger partial charge in [0.2, 0.25) is 5.88 Å². The molecule has 0 saturated carbocycles. The number of benzene rings is 1. The van der Waals surface area contributed by atoms with Crippen molar-refractivity contribution in [3.63, 3.8) is 0 Å². The first-order valence-corrected chi connectivity index (χ1v) is 11.7. The first-order valence-electron chi connectivity index (χ1n) is 10.8. The first kappa shape index (κ1) is 21.3. The van der Waals surface area contributed by atoms with E-state index in [0.717, 1.165) is 53.1 Å². The Bertz CT molecular complexity index is 1280. The van der Waals surface area contributed by atoms with E-state index in [1.807, 2.05) is 19.2 Å². The number of aromatic nitrogens is 4. The van der Waals surface area contributed by atoms with Crippen molar-refractivity contribution >= 4 is 33.5 Å². The number of carboxylic acid groups (broad SMARTS) is 1. The molecule has 0 unspecified atom stereocenters. The van der Waals surface area contributed by atoms with Gasteiger partial charge in [0.05, 0.1) is 11.1 Å². The number of anilines is 1. The van der Waals surface area contributed by atoms with Crippen LogP contribution in [-0.4, -0.2) is 50.4 Å². The Morgan fingerprint density at radius 1 is 1.21 bits per heavy atom. The van der Waals surface area contributed by atoms with E-state index in [9.17, 15) is 4.79 Å². The average Bonchev–Trinajstić information content (AvgIpc) is 3.48. The monoisotopic (exact) mass is 465 g/mol. The molecule has 0 radical (unpaired) electrons. The van der Waals surface area contributed by atoms with E-state index in [1.165, 1.54) is 17.7 Å². The van der Waals surface area contributed by atoms with Crippen LogP contribution in [0, 0.1) is 0 Å². The number of rotatable bonds is 6. The molecule has 1 N–H and O–H groups in total. The van der Waals surface area contributed by atoms with Crippen molar-refractivity contribution in [1.29, 1.82) is 0 Å². The van der Waals surface area contributed by atoms with Gasteiger partial charge < -0.3 is 19.3 Å². The molecule has 4 aromatic rings. The summed E-state index contributed by atoms with van der Waals surface area (Å²) >= 11 is 1.53. The predicted molar refractivity (Wildman–Crippen MR) is 124 cm³/mol. The smallest absolute Gasteiger partial charge is 0.335 e. The fourth-order valence-electron chi connectivity index (χ4n) is 3.82. The highest BCUT2D eigenvalue weighted by Gasteiger charge is 2.26. The zero-order valence-electron chi connectivity index (χ0n) is 18.3. The van der Waals surface area contributed by atoms with Crippen LogP contribution in [0.25, 0.3) is 21.3 Å². The van der Waals surface area contributed by atoms with Gasteiger partial charge in [-0.2, -0.15) is 4.98 Å². The second-order valence-electron chi connectivity index (χ2n) is 8.28. The molecule has 0 amide bonds. The van der Waals surface area contributed by atoms with E-state index < -0.39 is 5.97 Å². The van der Waals surface area contributed by atoms with Crippen LogP contribution in [0.15, 0.2) is 40.5 Å². The molecule has 4 heterocycles. The highest BCUT2D eigenvalue weighted by Crippen LogP contribution is 2.37. The third-order valence-electron chi connectivity index (χ3n) is 5.70. The fraction of sp³-hybridized carbons (Fsp3) is 0.348. The van der Waals surface area contributed by atoms with Crippen LogP contribution in [0.2, 0.25) is 0 Å². The molecule has 0 spiro atoms. The van der Waals surface area contributed by atoms with Crippen LogP contribution in [0.4, 0.5) is 6.01 Å². The Balaban J connectivity index is 1.29. The molecule has 1 aliphatic rings. The molecule has 10 heteroatoms. The molecule has 3 aromatic heterocycles. The van der Waals surface area contributed by atoms with E-state index in [4.69, 9.17) is 14.4 Å². The van der Waals surface area contributed by atoms with Crippen molar-refractivity contribution < 1.29 is 19.2 Å². The van der Waals surface area contributed by atoms with Gasteiger partial charge in [-0.15, -0.1) is 11.3 Å². The van der Waals surface area contributed by atoms with Gasteiger partial charge in [0, 0.05) is 42.8 Å². The van der Waals surface area contributed by atoms with Crippen LogP contribution in [0.1, 0.15) is 48.8 Å². The number of nitrogens with zero attached hydrogens (tertiary/aromatic N) is 5. The van der Waals surface area contributed by atoms with Gasteiger partial charge in [0.15, 0.2) is 5.82 Å². The zero-order valence-corrected chi connectivity index (χ0v) is 19.1. The topological polar surface area (TPSA) is 114 Å². The summed E-state index contributed by atoms with van der Waals surface area (Å²) in [6.45, 7) is 5.62. The Hall–Kier alpha value is -3.53. The molecule has 1 aromatic carbocycles. The van der Waals surface area contributed by atoms with Crippen LogP contribution >= 0.6 is 11.3 Å². The number of aromatic carboxylic acids is 1. The number of ether oxygens (including phenoxy) is 1. The molecule has 9 nitrogen and oxygen atoms in total. The molecule has 0 bridgehead atoms. The average molecular weight is 466 g/mol. The minimum atomic E-state index is -0.944. The van der Waals surface area contributed by atoms with Crippen LogP contribution in [0.5, 0.6) is 5.88 Å². The number of hydrogen-bond acceptors (Lipinski definition) is 9. The molecule has 1 fully saturated rings. The third kappa shape index (κ3) is 4.25. The minimum absolute atomic E-state index is 0.0345. The second kappa shape index (κ2) is 8.78. The van der Waals surface area contributed by atoms with E-state index in [-0.39, 0.29) is 17.6 Å². The maximum atomic E-state index is 11.1. The Kier molecular flexibility index (Phi) is 5.67. The van der Waals surface area contributed by atoms with Gasteiger partial charge >= 0.3 is 12.0 Å². The Morgan fingerprint density at radius 3 is 2.64 bits per heavy atom. The number of carbonyl (C=O) groups is 1. The maximum Gasteiger partial charge on any atom is 0.335 e. The Labute approximate surface area is 194 Å². The molecule has 1 saturated heterocycles. The maximum absolute atomic E-state index is 11.1. The molecule has 33 heavy (non-hydrogen) atoms. The lowest BCUT2D eigenvalue weighted by molar-refractivity contribution is 0.0697. The number of carboxylic acids is 1. The van der Waals surface area contributed by atoms with E-state index in [1.54, 1.807) is 24.3 Å². The summed E-state index contributed by atoms with van der Waals surface area (Å²) in [5, 5.41) is 15.2. The highest BCUT2D eigenvalue weighted by atomic mass is 32.1. The van der Waals surface area contributed by atoms with Crippen molar-refractivity contribution in [1.82, 2.24) is 20.1 Å². The summed E-state index contributed by atoms with van der Waals surface area (Å²) in [6, 6.07) is 7.36. The van der Waals surface area contributed by atoms with Gasteiger partial charge in [-0.05, 0) is 17.7 Å². The Morgan fingerprint density at radius 2 is 1.97 bits per heavy atom. The van der Waals surface area contributed by atoms with Gasteiger partial charge in [-0.25, -0.2) is 14.8 Å². The van der Waals surface area contributed by atoms with Gasteiger partial charge in [0.1, 0.15) is 17.1 Å². The number of piperidine rings is 1. The highest BCUT2D eigenvalue weighted by molar-refractivity contribution is 7.18. The summed E-state index contributed by atoms with van der Waals surface area (Å²) < 4.78 is 12.6. The summed E-state index contributed by atoms with van der Waals surface area (Å²) in [4.78, 5) is 26.6. The SMILES string of the molecule is CC(C)c1noc(N2CCC(Oc3ncnc4c(-c5ccc(C(=O)O)cc5)csc34)CC2)n1. The van der Waals surface area contributed by atoms with E-state index in [2.05, 4.69) is 25.0 Å². The first-order chi connectivity index (χ1) is 16.0. The summed E-state index contributed by atoms with van der Waals surface area (Å²) in [5.74, 6) is 0.587. The number of thiophene rings is 1. The van der Waals surface area contributed by atoms with Crippen molar-refractivity contribution in [2.45, 2.75) is 38.7 Å². The number of hydrogen-bond donors (Lipinski definition) is 1. The summed E-state index contributed by atoms with van der Waals surface area (Å²) in [5.41, 5.74) is 2.90. The van der Waals surface area contributed by atoms with Crippen LogP contribution in [-0.2, 0) is 0 Å². The van der Waals surface area contributed by atoms with Crippen molar-refractivity contribution in [3.8, 4) is 17.0 Å². The van der Waals surface area contributed by atoms with E-state index in [0.29, 0.717) is 11.9 Å². The molecule has 0 aliphatic carbocycles. The van der Waals surface area contributed by atoms with Gasteiger partial charge in [-0.1, -0.05) is 31.1 Å². The lowest BCUT2D eigenvalue weighted by Crippen LogP contribution is -2.38. The lowest BCUT2D eigenvalue weighted by Gasteiger charge is -2.30. The van der Waals surface area contributed by atoms with Gasteiger partial charge in [-0.3, -0.25) is 0 Å². The third-order valence-corrected chi connectivity index (χ3v) is 6.66. The minimum Gasteiger partial charge on any atom is -0.478 e. The van der Waals surface area contributed by atoms with Crippen molar-refractivity contribution in [3.05, 3.63) is 47.4 Å². The molecule has 170 valence electrons. The number of fused-ring (bicyclic) bond motifs is 1. The standard InChI is InChI=1S/C23H23N5O4S/c1-13(2)20-26-23(32-27-20)28-9-7-16(8-10-28)31-21-19-18(24-12-25-21)17(11-33-19)14-3-5-15(6-4-14)22(29)30/h3-6,11-13,16H,7-10H2,1-2H3,(H,29,30). The van der Waals surface area contributed by atoms with Crippen LogP contribution < -0.4 is 9.64 Å². The quantitative estimate of drug-likeness (QED) is 0.436. The molecule has 5 rings (SSSR count). The normalized spacial score (nSPS) is 14.8. The molecule has 1 aliphatic heterocycles. The van der Waals surface area contributed by atoms with Crippen LogP contribution in [0.3, 0.4) is 0 Å². The largest absolute Gasteiger partial charge is 0.478 e. The summed E-state index contributed by atoms with van der Waals surface area (Å²) in [7, 11) is 0. The van der Waals surface area contributed by atoms with E-state index >= 15 is 0 Å². The van der Waals surface area contributed by atoms with Crippen molar-refractivity contribution in [2.24, 2.45) is 0 Å². The summed E-state index contributed by atoms with van der Waals surface area (Å²) in [6.07, 6.45) is 3.19. The van der Waals surface area contributed by atoms with Crippen molar-refractivity contribution in [2.75, 3.05) is 18.0 Å².